The average molecular weight is 238 g/mol. The second-order valence-corrected chi connectivity index (χ2v) is 5.56. The molecule has 15 heavy (non-hydrogen) atoms. The number of sulfonamides is 1. The highest BCUT2D eigenvalue weighted by atomic mass is 32.2. The topological polar surface area (TPSA) is 81.9 Å². The van der Waals surface area contributed by atoms with E-state index in [4.69, 9.17) is 15.2 Å². The quantitative estimate of drug-likeness (QED) is 0.638. The number of ether oxygens (including phenoxy) is 2. The van der Waals surface area contributed by atoms with Crippen molar-refractivity contribution in [3.63, 3.8) is 0 Å². The van der Waals surface area contributed by atoms with Crippen molar-refractivity contribution in [3.8, 4) is 0 Å². The van der Waals surface area contributed by atoms with Crippen molar-refractivity contribution in [2.45, 2.75) is 12.2 Å². The summed E-state index contributed by atoms with van der Waals surface area (Å²) in [6.07, 6.45) is -0.384. The fourth-order valence-electron chi connectivity index (χ4n) is 1.67. The highest BCUT2D eigenvalue weighted by Gasteiger charge is 2.38. The van der Waals surface area contributed by atoms with Gasteiger partial charge < -0.3 is 15.2 Å². The number of rotatable bonds is 5. The molecular formula is C8H18N2O4S. The average Bonchev–Trinajstić information content (AvgIpc) is 2.61. The third kappa shape index (κ3) is 2.88. The molecule has 2 atom stereocenters. The number of hydrogen-bond donors (Lipinski definition) is 1. The van der Waals surface area contributed by atoms with Crippen LogP contribution in [0.15, 0.2) is 0 Å². The number of hydrogen-bond acceptors (Lipinski definition) is 5. The Hall–Kier alpha value is -0.210. The SMILES string of the molecule is COC1CN(S(=O)(=O)CCN)CC1OC. The van der Waals surface area contributed by atoms with Crippen LogP contribution in [0.25, 0.3) is 0 Å². The zero-order chi connectivity index (χ0) is 11.5. The predicted octanol–water partition coefficient (Wildman–Crippen LogP) is -1.38. The van der Waals surface area contributed by atoms with Crippen LogP contribution in [0.5, 0.6) is 0 Å². The molecule has 0 amide bonds. The molecule has 0 aromatic heterocycles. The van der Waals surface area contributed by atoms with Gasteiger partial charge in [-0.15, -0.1) is 0 Å². The lowest BCUT2D eigenvalue weighted by molar-refractivity contribution is -0.00461. The Balaban J connectivity index is 2.68. The molecule has 0 saturated carbocycles. The van der Waals surface area contributed by atoms with Gasteiger partial charge >= 0.3 is 0 Å². The summed E-state index contributed by atoms with van der Waals surface area (Å²) in [5.74, 6) is -0.0279. The molecule has 0 aliphatic carbocycles. The van der Waals surface area contributed by atoms with Gasteiger partial charge in [0, 0.05) is 33.9 Å². The molecule has 1 heterocycles. The summed E-state index contributed by atoms with van der Waals surface area (Å²) < 4.78 is 35.1. The summed E-state index contributed by atoms with van der Waals surface area (Å²) in [4.78, 5) is 0. The fourth-order valence-corrected chi connectivity index (χ4v) is 2.97. The Morgan fingerprint density at radius 3 is 2.07 bits per heavy atom. The zero-order valence-corrected chi connectivity index (χ0v) is 9.87. The number of methoxy groups -OCH3 is 2. The Kier molecular flexibility index (Phi) is 4.47. The molecule has 6 nitrogen and oxygen atoms in total. The Morgan fingerprint density at radius 1 is 1.27 bits per heavy atom. The maximum atomic E-state index is 11.7. The molecule has 90 valence electrons. The van der Waals surface area contributed by atoms with Crippen LogP contribution in [-0.2, 0) is 19.5 Å². The molecule has 0 bridgehead atoms. The number of nitrogens with two attached hydrogens (primary N) is 1. The van der Waals surface area contributed by atoms with Crippen LogP contribution in [-0.4, -0.2) is 64.5 Å². The zero-order valence-electron chi connectivity index (χ0n) is 9.05. The molecule has 0 radical (unpaired) electrons. The van der Waals surface area contributed by atoms with Crippen LogP contribution in [0.2, 0.25) is 0 Å². The lowest BCUT2D eigenvalue weighted by Crippen LogP contribution is -2.34. The number of nitrogens with zero attached hydrogens (tertiary/aromatic N) is 1. The summed E-state index contributed by atoms with van der Waals surface area (Å²) in [5, 5.41) is 0. The van der Waals surface area contributed by atoms with Crippen LogP contribution >= 0.6 is 0 Å². The van der Waals surface area contributed by atoms with E-state index in [1.54, 1.807) is 14.2 Å². The molecule has 1 aliphatic rings. The van der Waals surface area contributed by atoms with Crippen LogP contribution in [0, 0.1) is 0 Å². The summed E-state index contributed by atoms with van der Waals surface area (Å²) in [6.45, 7) is 0.822. The van der Waals surface area contributed by atoms with Crippen molar-refractivity contribution >= 4 is 10.0 Å². The summed E-state index contributed by atoms with van der Waals surface area (Å²) in [7, 11) is -0.145. The molecule has 1 aliphatic heterocycles. The van der Waals surface area contributed by atoms with E-state index in [0.717, 1.165) is 0 Å². The maximum Gasteiger partial charge on any atom is 0.215 e. The van der Waals surface area contributed by atoms with Crippen LogP contribution in [0.1, 0.15) is 0 Å². The standard InChI is InChI=1S/C8H18N2O4S/c1-13-7-5-10(6-8(7)14-2)15(11,12)4-3-9/h7-8H,3-6,9H2,1-2H3. The van der Waals surface area contributed by atoms with Crippen molar-refractivity contribution in [1.82, 2.24) is 4.31 Å². The highest BCUT2D eigenvalue weighted by molar-refractivity contribution is 7.89. The van der Waals surface area contributed by atoms with E-state index in [1.807, 2.05) is 0 Å². The molecule has 1 rings (SSSR count). The van der Waals surface area contributed by atoms with Gasteiger partial charge in [0.15, 0.2) is 0 Å². The lowest BCUT2D eigenvalue weighted by atomic mass is 10.3. The highest BCUT2D eigenvalue weighted by Crippen LogP contribution is 2.18. The van der Waals surface area contributed by atoms with E-state index in [1.165, 1.54) is 4.31 Å². The van der Waals surface area contributed by atoms with Crippen molar-refractivity contribution in [2.75, 3.05) is 39.6 Å². The third-order valence-corrected chi connectivity index (χ3v) is 4.39. The normalized spacial score (nSPS) is 28.5. The minimum Gasteiger partial charge on any atom is -0.377 e. The fraction of sp³-hybridized carbons (Fsp3) is 1.00. The van der Waals surface area contributed by atoms with E-state index in [9.17, 15) is 8.42 Å². The van der Waals surface area contributed by atoms with Gasteiger partial charge in [0.05, 0.1) is 18.0 Å². The molecule has 1 fully saturated rings. The summed E-state index contributed by atoms with van der Waals surface area (Å²) >= 11 is 0. The van der Waals surface area contributed by atoms with Crippen molar-refractivity contribution in [3.05, 3.63) is 0 Å². The molecule has 1 saturated heterocycles. The van der Waals surface area contributed by atoms with Gasteiger partial charge in [0.2, 0.25) is 10.0 Å². The first-order valence-corrected chi connectivity index (χ1v) is 6.39. The Labute approximate surface area is 90.4 Å². The molecular weight excluding hydrogens is 220 g/mol. The maximum absolute atomic E-state index is 11.7. The van der Waals surface area contributed by atoms with Gasteiger partial charge in [-0.2, -0.15) is 4.31 Å². The van der Waals surface area contributed by atoms with Gasteiger partial charge in [-0.1, -0.05) is 0 Å². The largest absolute Gasteiger partial charge is 0.377 e. The minimum absolute atomic E-state index is 0.0279. The van der Waals surface area contributed by atoms with E-state index in [0.29, 0.717) is 13.1 Å². The molecule has 0 aromatic carbocycles. The first kappa shape index (κ1) is 12.9. The van der Waals surface area contributed by atoms with E-state index < -0.39 is 10.0 Å². The van der Waals surface area contributed by atoms with Gasteiger partial charge in [-0.25, -0.2) is 8.42 Å². The predicted molar refractivity (Wildman–Crippen MR) is 56.0 cm³/mol. The van der Waals surface area contributed by atoms with Crippen LogP contribution in [0.4, 0.5) is 0 Å². The van der Waals surface area contributed by atoms with E-state index in [2.05, 4.69) is 0 Å². The van der Waals surface area contributed by atoms with Crippen molar-refractivity contribution in [1.29, 1.82) is 0 Å². The molecule has 2 N–H and O–H groups in total. The molecule has 0 spiro atoms. The van der Waals surface area contributed by atoms with Crippen LogP contribution in [0.3, 0.4) is 0 Å². The van der Waals surface area contributed by atoms with Crippen molar-refractivity contribution in [2.24, 2.45) is 5.73 Å². The van der Waals surface area contributed by atoms with Crippen LogP contribution < -0.4 is 5.73 Å². The first-order valence-electron chi connectivity index (χ1n) is 4.78. The van der Waals surface area contributed by atoms with E-state index in [-0.39, 0.29) is 24.5 Å². The second-order valence-electron chi connectivity index (χ2n) is 3.47. The Bertz CT molecular complexity index is 281. The third-order valence-electron chi connectivity index (χ3n) is 2.56. The molecule has 0 aromatic rings. The lowest BCUT2D eigenvalue weighted by Gasteiger charge is -2.14. The van der Waals surface area contributed by atoms with Gasteiger partial charge in [-0.05, 0) is 0 Å². The minimum atomic E-state index is -3.25. The van der Waals surface area contributed by atoms with Crippen molar-refractivity contribution < 1.29 is 17.9 Å². The molecule has 2 unspecified atom stereocenters. The Morgan fingerprint density at radius 2 is 1.73 bits per heavy atom. The summed E-state index contributed by atoms with van der Waals surface area (Å²) in [6, 6.07) is 0. The monoisotopic (exact) mass is 238 g/mol. The van der Waals surface area contributed by atoms with Gasteiger partial charge in [0.1, 0.15) is 0 Å². The first-order chi connectivity index (χ1) is 7.05. The smallest absolute Gasteiger partial charge is 0.215 e. The molecule has 7 heteroatoms. The van der Waals surface area contributed by atoms with Gasteiger partial charge in [0.25, 0.3) is 0 Å². The summed E-state index contributed by atoms with van der Waals surface area (Å²) in [5.41, 5.74) is 5.25. The van der Waals surface area contributed by atoms with E-state index >= 15 is 0 Å². The second kappa shape index (κ2) is 5.22. The van der Waals surface area contributed by atoms with Gasteiger partial charge in [-0.3, -0.25) is 0 Å².